The lowest BCUT2D eigenvalue weighted by Crippen LogP contribution is -2.33. The standard InChI is InChI=1S/C51H34N4S2/c1-3-13-31(14-4-1)49-52-50(32-15-5-2-6-16-32)54-51(53-49)34-26-28-45-40(30-34)39-29-33(25-27-44(39)56-45)35-19-12-24-46-47(35)38-20-11-23-43(48(38)57-46)55-41-21-9-7-17-36(41)37-18-8-10-22-42(37)55/h1-30,36,41,49H,(H,52,53,54). The monoisotopic (exact) mass is 766 g/mol. The number of nitrogens with zero attached hydrogens (tertiary/aromatic N) is 3. The van der Waals surface area contributed by atoms with E-state index in [9.17, 15) is 0 Å². The number of amidine groups is 2. The molecule has 270 valence electrons. The van der Waals surface area contributed by atoms with Crippen molar-refractivity contribution in [2.24, 2.45) is 9.98 Å². The summed E-state index contributed by atoms with van der Waals surface area (Å²) in [7, 11) is 0. The third kappa shape index (κ3) is 5.25. The predicted octanol–water partition coefficient (Wildman–Crippen LogP) is 13.3. The van der Waals surface area contributed by atoms with Crippen LogP contribution < -0.4 is 10.2 Å². The highest BCUT2D eigenvalue weighted by Gasteiger charge is 2.38. The Morgan fingerprint density at radius 1 is 0.544 bits per heavy atom. The summed E-state index contributed by atoms with van der Waals surface area (Å²) in [5.74, 6) is 1.91. The van der Waals surface area contributed by atoms with Crippen LogP contribution in [0.3, 0.4) is 0 Å². The lowest BCUT2D eigenvalue weighted by molar-refractivity contribution is 0.674. The Balaban J connectivity index is 0.974. The minimum atomic E-state index is -0.241. The van der Waals surface area contributed by atoms with Crippen LogP contribution >= 0.6 is 22.7 Å². The van der Waals surface area contributed by atoms with Gasteiger partial charge in [0.2, 0.25) is 0 Å². The fourth-order valence-electron chi connectivity index (χ4n) is 9.04. The van der Waals surface area contributed by atoms with E-state index in [1.165, 1.54) is 68.4 Å². The number of rotatable bonds is 5. The number of aliphatic imine (C=N–C) groups is 2. The zero-order chi connectivity index (χ0) is 37.5. The van der Waals surface area contributed by atoms with Crippen LogP contribution in [0.25, 0.3) is 51.5 Å². The lowest BCUT2D eigenvalue weighted by Gasteiger charge is -2.29. The smallest absolute Gasteiger partial charge is 0.159 e. The summed E-state index contributed by atoms with van der Waals surface area (Å²) < 4.78 is 5.18. The zero-order valence-corrected chi connectivity index (χ0v) is 32.3. The fourth-order valence-corrected chi connectivity index (χ4v) is 11.3. The summed E-state index contributed by atoms with van der Waals surface area (Å²) in [4.78, 5) is 12.7. The first-order chi connectivity index (χ1) is 28.2. The van der Waals surface area contributed by atoms with Crippen LogP contribution in [-0.2, 0) is 0 Å². The van der Waals surface area contributed by atoms with Crippen molar-refractivity contribution in [2.45, 2.75) is 18.1 Å². The van der Waals surface area contributed by atoms with Gasteiger partial charge in [0.25, 0.3) is 0 Å². The molecule has 12 rings (SSSR count). The zero-order valence-electron chi connectivity index (χ0n) is 30.7. The minimum absolute atomic E-state index is 0.241. The van der Waals surface area contributed by atoms with E-state index in [1.54, 1.807) is 0 Å². The van der Waals surface area contributed by atoms with Gasteiger partial charge in [-0.1, -0.05) is 133 Å². The van der Waals surface area contributed by atoms with Crippen molar-refractivity contribution in [2.75, 3.05) is 4.90 Å². The Labute approximate surface area is 338 Å². The molecule has 0 fully saturated rings. The average molecular weight is 767 g/mol. The van der Waals surface area contributed by atoms with Crippen LogP contribution in [0.5, 0.6) is 0 Å². The highest BCUT2D eigenvalue weighted by molar-refractivity contribution is 7.26. The molecule has 0 saturated heterocycles. The van der Waals surface area contributed by atoms with Gasteiger partial charge in [0.15, 0.2) is 5.84 Å². The maximum Gasteiger partial charge on any atom is 0.159 e. The molecule has 7 aromatic carbocycles. The first-order valence-electron chi connectivity index (χ1n) is 19.4. The van der Waals surface area contributed by atoms with Crippen LogP contribution in [-0.4, -0.2) is 17.7 Å². The number of fused-ring (bicyclic) bond motifs is 9. The fraction of sp³-hybridized carbons (Fsp3) is 0.0588. The van der Waals surface area contributed by atoms with Crippen LogP contribution in [0.15, 0.2) is 192 Å². The van der Waals surface area contributed by atoms with Crippen molar-refractivity contribution in [3.63, 3.8) is 0 Å². The van der Waals surface area contributed by atoms with Gasteiger partial charge in [-0.25, -0.2) is 9.98 Å². The van der Waals surface area contributed by atoms with Gasteiger partial charge in [0, 0.05) is 58.4 Å². The molecule has 0 radical (unpaired) electrons. The molecule has 9 aromatic rings. The van der Waals surface area contributed by atoms with Gasteiger partial charge in [0.05, 0.1) is 16.4 Å². The van der Waals surface area contributed by atoms with Gasteiger partial charge in [0.1, 0.15) is 12.0 Å². The van der Waals surface area contributed by atoms with Gasteiger partial charge in [-0.15, -0.1) is 22.7 Å². The summed E-state index contributed by atoms with van der Waals surface area (Å²) in [6.45, 7) is 0. The number of para-hydroxylation sites is 1. The molecular formula is C51H34N4S2. The molecule has 6 heteroatoms. The van der Waals surface area contributed by atoms with Crippen molar-refractivity contribution < 1.29 is 0 Å². The molecule has 0 amide bonds. The van der Waals surface area contributed by atoms with Crippen LogP contribution in [0.4, 0.5) is 11.4 Å². The normalized spacial score (nSPS) is 18.5. The quantitative estimate of drug-likeness (QED) is 0.189. The molecule has 1 aliphatic carbocycles. The highest BCUT2D eigenvalue weighted by Crippen LogP contribution is 2.52. The number of hydrogen-bond donors (Lipinski definition) is 1. The first kappa shape index (κ1) is 32.6. The van der Waals surface area contributed by atoms with Crippen molar-refractivity contribution in [3.05, 3.63) is 204 Å². The summed E-state index contributed by atoms with van der Waals surface area (Å²) in [6.07, 6.45) is 8.88. The molecule has 3 atom stereocenters. The van der Waals surface area contributed by atoms with E-state index in [0.717, 1.165) is 28.4 Å². The third-order valence-corrected chi connectivity index (χ3v) is 14.0. The second-order valence-corrected chi connectivity index (χ2v) is 17.0. The van der Waals surface area contributed by atoms with E-state index in [-0.39, 0.29) is 12.2 Å². The SMILES string of the molecule is C1=CC2c3ccccc3N(c3cccc4c3sc3cccc(-c5ccc6sc7ccc(C8=NC(c9ccccc9)=NC(c9ccccc9)N8)cc7c6c5)c34)C2C=C1. The van der Waals surface area contributed by atoms with E-state index in [0.29, 0.717) is 5.92 Å². The Bertz CT molecular complexity index is 3190. The van der Waals surface area contributed by atoms with Gasteiger partial charge in [-0.05, 0) is 70.8 Å². The summed E-state index contributed by atoms with van der Waals surface area (Å²) in [5.41, 5.74) is 9.62. The summed E-state index contributed by atoms with van der Waals surface area (Å²) in [5, 5.41) is 8.79. The molecule has 0 spiro atoms. The molecule has 57 heavy (non-hydrogen) atoms. The van der Waals surface area contributed by atoms with Crippen molar-refractivity contribution in [3.8, 4) is 11.1 Å². The van der Waals surface area contributed by atoms with E-state index in [1.807, 2.05) is 46.9 Å². The minimum Gasteiger partial charge on any atom is -0.344 e. The van der Waals surface area contributed by atoms with Gasteiger partial charge in [-0.3, -0.25) is 0 Å². The summed E-state index contributed by atoms with van der Waals surface area (Å²) in [6, 6.07) is 57.3. The van der Waals surface area contributed by atoms with E-state index < -0.39 is 0 Å². The summed E-state index contributed by atoms with van der Waals surface area (Å²) >= 11 is 3.75. The molecule has 2 aliphatic heterocycles. The van der Waals surface area contributed by atoms with Gasteiger partial charge < -0.3 is 10.2 Å². The Morgan fingerprint density at radius 3 is 2.12 bits per heavy atom. The van der Waals surface area contributed by atoms with E-state index >= 15 is 0 Å². The van der Waals surface area contributed by atoms with E-state index in [4.69, 9.17) is 9.98 Å². The molecular weight excluding hydrogens is 733 g/mol. The van der Waals surface area contributed by atoms with Gasteiger partial charge >= 0.3 is 0 Å². The predicted molar refractivity (Wildman–Crippen MR) is 243 cm³/mol. The van der Waals surface area contributed by atoms with Crippen molar-refractivity contribution >= 4 is 86.1 Å². The maximum atomic E-state index is 5.11. The topological polar surface area (TPSA) is 40.0 Å². The third-order valence-electron chi connectivity index (χ3n) is 11.7. The van der Waals surface area contributed by atoms with E-state index in [2.05, 4.69) is 168 Å². The molecule has 3 unspecified atom stereocenters. The largest absolute Gasteiger partial charge is 0.344 e. The molecule has 1 N–H and O–H groups in total. The number of anilines is 2. The molecule has 4 heterocycles. The Morgan fingerprint density at radius 2 is 1.26 bits per heavy atom. The Hall–Kier alpha value is -6.60. The number of thiophene rings is 2. The van der Waals surface area contributed by atoms with Crippen LogP contribution in [0, 0.1) is 0 Å². The van der Waals surface area contributed by atoms with Crippen LogP contribution in [0.1, 0.15) is 34.3 Å². The number of benzene rings is 7. The lowest BCUT2D eigenvalue weighted by atomic mass is 9.91. The molecule has 2 aromatic heterocycles. The molecule has 4 nitrogen and oxygen atoms in total. The molecule has 0 saturated carbocycles. The second kappa shape index (κ2) is 13.0. The molecule has 3 aliphatic rings. The maximum absolute atomic E-state index is 5.11. The Kier molecular flexibility index (Phi) is 7.43. The number of hydrogen-bond acceptors (Lipinski definition) is 6. The second-order valence-electron chi connectivity index (χ2n) is 14.9. The molecule has 0 bridgehead atoms. The number of allylic oxidation sites excluding steroid dienone is 2. The van der Waals surface area contributed by atoms with Crippen molar-refractivity contribution in [1.29, 1.82) is 0 Å². The van der Waals surface area contributed by atoms with Crippen molar-refractivity contribution in [1.82, 2.24) is 5.32 Å². The first-order valence-corrected chi connectivity index (χ1v) is 21.1. The van der Waals surface area contributed by atoms with Crippen LogP contribution in [0.2, 0.25) is 0 Å². The highest BCUT2D eigenvalue weighted by atomic mass is 32.1. The number of nitrogens with one attached hydrogen (secondary N) is 1. The van der Waals surface area contributed by atoms with Gasteiger partial charge in [-0.2, -0.15) is 0 Å². The average Bonchev–Trinajstić information content (AvgIpc) is 3.96.